The standard InChI is InChI=1S/C19H18FNO5/c1-12(25-14-9-7-13(20)8-10-14)18(22)21-11-17(19(23)24-2)26-16-6-4-3-5-15(16)21/h3-10,12,17H,11H2,1-2H3/t12-,17-/m1/s1. The molecule has 0 unspecified atom stereocenters. The molecule has 0 fully saturated rings. The first kappa shape index (κ1) is 17.7. The van der Waals surface area contributed by atoms with Crippen LogP contribution in [0.1, 0.15) is 6.92 Å². The second-order valence-corrected chi connectivity index (χ2v) is 5.76. The molecule has 136 valence electrons. The SMILES string of the molecule is COC(=O)[C@H]1CN(C(=O)[C@@H](C)Oc2ccc(F)cc2)c2ccccc2O1. The number of esters is 1. The monoisotopic (exact) mass is 359 g/mol. The molecule has 26 heavy (non-hydrogen) atoms. The molecule has 0 aliphatic carbocycles. The minimum Gasteiger partial charge on any atom is -0.481 e. The highest BCUT2D eigenvalue weighted by Crippen LogP contribution is 2.34. The van der Waals surface area contributed by atoms with E-state index in [1.54, 1.807) is 31.2 Å². The fraction of sp³-hybridized carbons (Fsp3) is 0.263. The van der Waals surface area contributed by atoms with Crippen LogP contribution in [0.25, 0.3) is 0 Å². The minimum atomic E-state index is -0.920. The third-order valence-electron chi connectivity index (χ3n) is 3.98. The van der Waals surface area contributed by atoms with Crippen LogP contribution >= 0.6 is 0 Å². The summed E-state index contributed by atoms with van der Waals surface area (Å²) in [5.74, 6) is -0.516. The van der Waals surface area contributed by atoms with Crippen molar-refractivity contribution in [2.45, 2.75) is 19.1 Å². The van der Waals surface area contributed by atoms with Crippen LogP contribution in [0.2, 0.25) is 0 Å². The lowest BCUT2D eigenvalue weighted by Crippen LogP contribution is -2.50. The van der Waals surface area contributed by atoms with Gasteiger partial charge < -0.3 is 19.1 Å². The number of benzene rings is 2. The number of rotatable bonds is 4. The van der Waals surface area contributed by atoms with Gasteiger partial charge >= 0.3 is 5.97 Å². The lowest BCUT2D eigenvalue weighted by molar-refractivity contribution is -0.148. The van der Waals surface area contributed by atoms with E-state index in [0.29, 0.717) is 17.2 Å². The Labute approximate surface area is 150 Å². The summed E-state index contributed by atoms with van der Waals surface area (Å²) in [7, 11) is 1.26. The lowest BCUT2D eigenvalue weighted by atomic mass is 10.1. The summed E-state index contributed by atoms with van der Waals surface area (Å²) in [6, 6.07) is 12.3. The summed E-state index contributed by atoms with van der Waals surface area (Å²) in [6.07, 6.45) is -1.76. The second kappa shape index (κ2) is 7.43. The molecule has 1 aliphatic rings. The van der Waals surface area contributed by atoms with Crippen LogP contribution in [0.3, 0.4) is 0 Å². The van der Waals surface area contributed by atoms with Crippen LogP contribution in [-0.2, 0) is 14.3 Å². The molecule has 7 heteroatoms. The molecular formula is C19H18FNO5. The Morgan fingerprint density at radius 3 is 2.58 bits per heavy atom. The first-order valence-electron chi connectivity index (χ1n) is 8.06. The highest BCUT2D eigenvalue weighted by Gasteiger charge is 2.36. The zero-order valence-corrected chi connectivity index (χ0v) is 14.3. The fourth-order valence-corrected chi connectivity index (χ4v) is 2.68. The first-order chi connectivity index (χ1) is 12.5. The molecule has 2 aromatic carbocycles. The molecule has 1 heterocycles. The van der Waals surface area contributed by atoms with Gasteiger partial charge in [0.1, 0.15) is 17.3 Å². The molecule has 2 atom stereocenters. The Balaban J connectivity index is 1.82. The van der Waals surface area contributed by atoms with Gasteiger partial charge in [-0.05, 0) is 43.3 Å². The molecule has 0 radical (unpaired) electrons. The Hall–Kier alpha value is -3.09. The number of hydrogen-bond acceptors (Lipinski definition) is 5. The number of nitrogens with zero attached hydrogens (tertiary/aromatic N) is 1. The number of carbonyl (C=O) groups is 2. The van der Waals surface area contributed by atoms with E-state index >= 15 is 0 Å². The maximum absolute atomic E-state index is 13.0. The predicted octanol–water partition coefficient (Wildman–Crippen LogP) is 2.56. The van der Waals surface area contributed by atoms with Crippen molar-refractivity contribution in [3.05, 3.63) is 54.3 Å². The van der Waals surface area contributed by atoms with Crippen molar-refractivity contribution in [2.75, 3.05) is 18.6 Å². The van der Waals surface area contributed by atoms with Gasteiger partial charge in [-0.2, -0.15) is 0 Å². The smallest absolute Gasteiger partial charge is 0.348 e. The molecule has 0 saturated carbocycles. The zero-order chi connectivity index (χ0) is 18.7. The predicted molar refractivity (Wildman–Crippen MR) is 91.7 cm³/mol. The van der Waals surface area contributed by atoms with E-state index in [-0.39, 0.29) is 18.3 Å². The van der Waals surface area contributed by atoms with Gasteiger partial charge in [-0.15, -0.1) is 0 Å². The van der Waals surface area contributed by atoms with Crippen molar-refractivity contribution >= 4 is 17.6 Å². The molecule has 2 aromatic rings. The van der Waals surface area contributed by atoms with Gasteiger partial charge in [-0.3, -0.25) is 4.79 Å². The second-order valence-electron chi connectivity index (χ2n) is 5.76. The number of methoxy groups -OCH3 is 1. The van der Waals surface area contributed by atoms with E-state index in [1.165, 1.54) is 36.3 Å². The lowest BCUT2D eigenvalue weighted by Gasteiger charge is -2.34. The normalized spacial score (nSPS) is 16.9. The van der Waals surface area contributed by atoms with Crippen LogP contribution in [0, 0.1) is 5.82 Å². The van der Waals surface area contributed by atoms with Crippen LogP contribution in [0.5, 0.6) is 11.5 Å². The number of fused-ring (bicyclic) bond motifs is 1. The average Bonchev–Trinajstić information content (AvgIpc) is 2.67. The maximum atomic E-state index is 13.0. The quantitative estimate of drug-likeness (QED) is 0.785. The van der Waals surface area contributed by atoms with Crippen LogP contribution < -0.4 is 14.4 Å². The summed E-state index contributed by atoms with van der Waals surface area (Å²) in [4.78, 5) is 26.2. The molecule has 1 amide bonds. The van der Waals surface area contributed by atoms with E-state index in [1.807, 2.05) is 0 Å². The molecule has 0 N–H and O–H groups in total. The number of ether oxygens (including phenoxy) is 3. The van der Waals surface area contributed by atoms with Gasteiger partial charge in [0.25, 0.3) is 5.91 Å². The molecule has 6 nitrogen and oxygen atoms in total. The van der Waals surface area contributed by atoms with Crippen molar-refractivity contribution < 1.29 is 28.2 Å². The number of anilines is 1. The molecule has 0 saturated heterocycles. The Kier molecular flexibility index (Phi) is 5.06. The number of hydrogen-bond donors (Lipinski definition) is 0. The molecule has 3 rings (SSSR count). The van der Waals surface area contributed by atoms with Crippen LogP contribution in [-0.4, -0.2) is 37.7 Å². The Morgan fingerprint density at radius 2 is 1.88 bits per heavy atom. The van der Waals surface area contributed by atoms with E-state index in [2.05, 4.69) is 0 Å². The fourth-order valence-electron chi connectivity index (χ4n) is 2.68. The Morgan fingerprint density at radius 1 is 1.19 bits per heavy atom. The third kappa shape index (κ3) is 3.61. The summed E-state index contributed by atoms with van der Waals surface area (Å²) in [5.41, 5.74) is 0.548. The number of carbonyl (C=O) groups excluding carboxylic acids is 2. The molecule has 0 bridgehead atoms. The largest absolute Gasteiger partial charge is 0.481 e. The average molecular weight is 359 g/mol. The van der Waals surface area contributed by atoms with E-state index < -0.39 is 18.2 Å². The molecule has 1 aliphatic heterocycles. The van der Waals surface area contributed by atoms with E-state index in [9.17, 15) is 14.0 Å². The van der Waals surface area contributed by atoms with Crippen LogP contribution in [0.15, 0.2) is 48.5 Å². The van der Waals surface area contributed by atoms with Crippen molar-refractivity contribution in [3.63, 3.8) is 0 Å². The highest BCUT2D eigenvalue weighted by atomic mass is 19.1. The van der Waals surface area contributed by atoms with Gasteiger partial charge in [-0.1, -0.05) is 12.1 Å². The van der Waals surface area contributed by atoms with Gasteiger partial charge in [0.2, 0.25) is 6.10 Å². The van der Waals surface area contributed by atoms with Crippen LogP contribution in [0.4, 0.5) is 10.1 Å². The van der Waals surface area contributed by atoms with Gasteiger partial charge in [0.05, 0.1) is 19.3 Å². The number of para-hydroxylation sites is 2. The molecule has 0 spiro atoms. The molecule has 0 aromatic heterocycles. The molecular weight excluding hydrogens is 341 g/mol. The van der Waals surface area contributed by atoms with Crippen molar-refractivity contribution in [1.29, 1.82) is 0 Å². The first-order valence-corrected chi connectivity index (χ1v) is 8.06. The summed E-state index contributed by atoms with van der Waals surface area (Å²) >= 11 is 0. The van der Waals surface area contributed by atoms with Crippen molar-refractivity contribution in [1.82, 2.24) is 0 Å². The Bertz CT molecular complexity index is 808. The topological polar surface area (TPSA) is 65.1 Å². The summed E-state index contributed by atoms with van der Waals surface area (Å²) in [6.45, 7) is 1.61. The van der Waals surface area contributed by atoms with Gasteiger partial charge in [-0.25, -0.2) is 9.18 Å². The highest BCUT2D eigenvalue weighted by molar-refractivity contribution is 5.99. The summed E-state index contributed by atoms with van der Waals surface area (Å²) < 4.78 is 29.0. The minimum absolute atomic E-state index is 0.0135. The zero-order valence-electron chi connectivity index (χ0n) is 14.3. The van der Waals surface area contributed by atoms with Gasteiger partial charge in [0.15, 0.2) is 6.10 Å². The van der Waals surface area contributed by atoms with E-state index in [0.717, 1.165) is 0 Å². The third-order valence-corrected chi connectivity index (χ3v) is 3.98. The summed E-state index contributed by atoms with van der Waals surface area (Å²) in [5, 5.41) is 0. The van der Waals surface area contributed by atoms with Crippen molar-refractivity contribution in [2.24, 2.45) is 0 Å². The van der Waals surface area contributed by atoms with Gasteiger partial charge in [0, 0.05) is 0 Å². The van der Waals surface area contributed by atoms with E-state index in [4.69, 9.17) is 14.2 Å². The number of amides is 1. The number of halogens is 1. The maximum Gasteiger partial charge on any atom is 0.348 e. The van der Waals surface area contributed by atoms with Crippen molar-refractivity contribution in [3.8, 4) is 11.5 Å².